The molecule has 2 aliphatic heterocycles. The van der Waals surface area contributed by atoms with Crippen LogP contribution in [0.3, 0.4) is 0 Å². The molecule has 1 aromatic heterocycles. The number of aliphatic hydroxyl groups excluding tert-OH is 2. The summed E-state index contributed by atoms with van der Waals surface area (Å²) in [5, 5.41) is 22.6. The lowest BCUT2D eigenvalue weighted by atomic mass is 9.94. The first kappa shape index (κ1) is 15.7. The molecule has 23 heavy (non-hydrogen) atoms. The van der Waals surface area contributed by atoms with Crippen molar-refractivity contribution in [3.05, 3.63) is 32.6 Å². The Morgan fingerprint density at radius 3 is 2.74 bits per heavy atom. The van der Waals surface area contributed by atoms with Gasteiger partial charge in [0, 0.05) is 6.20 Å². The lowest BCUT2D eigenvalue weighted by molar-refractivity contribution is -0.134. The quantitative estimate of drug-likeness (QED) is 0.328. The molecule has 0 saturated carbocycles. The Morgan fingerprint density at radius 2 is 2.09 bits per heavy atom. The van der Waals surface area contributed by atoms with E-state index in [-0.39, 0.29) is 12.2 Å². The van der Waals surface area contributed by atoms with Gasteiger partial charge in [0.05, 0.1) is 18.2 Å². The van der Waals surface area contributed by atoms with Crippen LogP contribution in [0.5, 0.6) is 0 Å². The number of primary amides is 1. The van der Waals surface area contributed by atoms with Crippen LogP contribution in [0.1, 0.15) is 11.7 Å². The second kappa shape index (κ2) is 5.77. The Morgan fingerprint density at radius 1 is 1.35 bits per heavy atom. The van der Waals surface area contributed by atoms with E-state index in [1.807, 2.05) is 4.98 Å². The van der Waals surface area contributed by atoms with Crippen LogP contribution in [0, 0.1) is 0 Å². The number of fused-ring (bicyclic) bond motifs is 1. The molecule has 2 aliphatic rings. The van der Waals surface area contributed by atoms with Crippen molar-refractivity contribution in [2.75, 3.05) is 6.61 Å². The van der Waals surface area contributed by atoms with Gasteiger partial charge in [0.1, 0.15) is 30.5 Å². The monoisotopic (exact) mass is 328 g/mol. The number of nitrogens with one attached hydrogen (secondary N) is 3. The molecule has 3 rings (SSSR count). The molecule has 7 N–H and O–H groups in total. The van der Waals surface area contributed by atoms with Crippen molar-refractivity contribution in [3.8, 4) is 0 Å². The zero-order valence-electron chi connectivity index (χ0n) is 11.8. The number of urea groups is 1. The number of carbonyl (C=O) groups excluding carboxylic acids is 1. The van der Waals surface area contributed by atoms with Crippen molar-refractivity contribution in [1.82, 2.24) is 15.3 Å². The van der Waals surface area contributed by atoms with E-state index in [2.05, 4.69) is 10.3 Å². The van der Waals surface area contributed by atoms with Crippen LogP contribution >= 0.6 is 0 Å². The van der Waals surface area contributed by atoms with Gasteiger partial charge in [-0.3, -0.25) is 9.78 Å². The van der Waals surface area contributed by atoms with Crippen LogP contribution in [0.15, 0.2) is 15.8 Å². The molecule has 2 fully saturated rings. The topological polar surface area (TPSA) is 180 Å². The van der Waals surface area contributed by atoms with Crippen LogP contribution < -0.4 is 22.3 Å². The average Bonchev–Trinajstić information content (AvgIpc) is 2.79. The molecule has 11 heteroatoms. The molecule has 2 unspecified atom stereocenters. The lowest BCUT2D eigenvalue weighted by Gasteiger charge is -2.36. The summed E-state index contributed by atoms with van der Waals surface area (Å²) in [5.41, 5.74) is 3.67. The zero-order valence-corrected chi connectivity index (χ0v) is 11.8. The molecule has 0 aliphatic carbocycles. The smallest absolute Gasteiger partial charge is 0.325 e. The normalized spacial score (nSPS) is 36.4. The Balaban J connectivity index is 1.91. The minimum absolute atomic E-state index is 0.00224. The van der Waals surface area contributed by atoms with Gasteiger partial charge in [-0.25, -0.2) is 9.59 Å². The van der Waals surface area contributed by atoms with Crippen LogP contribution in [0.2, 0.25) is 0 Å². The number of hydrogen-bond acceptors (Lipinski definition) is 7. The summed E-state index contributed by atoms with van der Waals surface area (Å²) in [4.78, 5) is 38.3. The number of nitrogens with two attached hydrogens (primary N) is 1. The number of aromatic nitrogens is 2. The van der Waals surface area contributed by atoms with E-state index in [9.17, 15) is 24.6 Å². The Kier molecular flexibility index (Phi) is 3.93. The number of aliphatic hydroxyl groups is 2. The maximum Gasteiger partial charge on any atom is 0.325 e. The van der Waals surface area contributed by atoms with Crippen LogP contribution in [-0.4, -0.2) is 63.3 Å². The maximum atomic E-state index is 11.9. The molecule has 0 bridgehead atoms. The molecular weight excluding hydrogens is 312 g/mol. The molecule has 0 spiro atoms. The number of aromatic amines is 2. The molecule has 3 heterocycles. The van der Waals surface area contributed by atoms with Gasteiger partial charge in [-0.2, -0.15) is 0 Å². The molecular formula is C12H16N4O7. The first-order valence-corrected chi connectivity index (χ1v) is 6.89. The molecule has 2 amide bonds. The van der Waals surface area contributed by atoms with Crippen molar-refractivity contribution < 1.29 is 24.5 Å². The van der Waals surface area contributed by atoms with Crippen molar-refractivity contribution in [2.24, 2.45) is 5.73 Å². The molecule has 0 radical (unpaired) electrons. The van der Waals surface area contributed by atoms with E-state index in [0.29, 0.717) is 0 Å². The SMILES string of the molecule is NC(=O)N[C@@H]1C(O)CO[C@H]2C(O)[C@H](c3c[nH]c(=O)[nH]c3=O)O[C@H]12. The summed E-state index contributed by atoms with van der Waals surface area (Å²) in [5.74, 6) is 0. The Hall–Kier alpha value is -2.21. The second-order valence-corrected chi connectivity index (χ2v) is 5.44. The third kappa shape index (κ3) is 2.74. The van der Waals surface area contributed by atoms with E-state index in [1.165, 1.54) is 0 Å². The molecule has 11 nitrogen and oxygen atoms in total. The minimum atomic E-state index is -1.23. The van der Waals surface area contributed by atoms with Crippen LogP contribution in [-0.2, 0) is 9.47 Å². The predicted molar refractivity (Wildman–Crippen MR) is 73.6 cm³/mol. The van der Waals surface area contributed by atoms with E-state index in [4.69, 9.17) is 15.2 Å². The number of carbonyl (C=O) groups is 1. The van der Waals surface area contributed by atoms with Gasteiger partial charge in [-0.15, -0.1) is 0 Å². The summed E-state index contributed by atoms with van der Waals surface area (Å²) < 4.78 is 11.0. The largest absolute Gasteiger partial charge is 0.388 e. The van der Waals surface area contributed by atoms with Crippen molar-refractivity contribution >= 4 is 6.03 Å². The van der Waals surface area contributed by atoms with Gasteiger partial charge < -0.3 is 35.7 Å². The highest BCUT2D eigenvalue weighted by Crippen LogP contribution is 2.37. The summed E-state index contributed by atoms with van der Waals surface area (Å²) >= 11 is 0. The van der Waals surface area contributed by atoms with Gasteiger partial charge in [-0.1, -0.05) is 0 Å². The minimum Gasteiger partial charge on any atom is -0.388 e. The van der Waals surface area contributed by atoms with E-state index in [1.54, 1.807) is 0 Å². The summed E-state index contributed by atoms with van der Waals surface area (Å²) in [6.07, 6.45) is -4.03. The molecule has 1 aromatic rings. The lowest BCUT2D eigenvalue weighted by Crippen LogP contribution is -2.61. The van der Waals surface area contributed by atoms with E-state index in [0.717, 1.165) is 6.20 Å². The highest BCUT2D eigenvalue weighted by Gasteiger charge is 2.53. The van der Waals surface area contributed by atoms with Crippen molar-refractivity contribution in [2.45, 2.75) is 36.6 Å². The highest BCUT2D eigenvalue weighted by molar-refractivity contribution is 5.72. The van der Waals surface area contributed by atoms with Gasteiger partial charge >= 0.3 is 11.7 Å². The third-order valence-corrected chi connectivity index (χ3v) is 3.97. The average molecular weight is 328 g/mol. The fraction of sp³-hybridized carbons (Fsp3) is 0.583. The van der Waals surface area contributed by atoms with Gasteiger partial charge in [0.15, 0.2) is 0 Å². The van der Waals surface area contributed by atoms with E-state index < -0.39 is 53.8 Å². The fourth-order valence-corrected chi connectivity index (χ4v) is 2.94. The number of H-pyrrole nitrogens is 2. The van der Waals surface area contributed by atoms with Crippen LogP contribution in [0.25, 0.3) is 0 Å². The zero-order chi connectivity index (χ0) is 16.7. The Bertz CT molecular complexity index is 716. The van der Waals surface area contributed by atoms with E-state index >= 15 is 0 Å². The third-order valence-electron chi connectivity index (χ3n) is 3.97. The molecule has 2 saturated heterocycles. The number of hydrogen-bond donors (Lipinski definition) is 6. The molecule has 0 aromatic carbocycles. The van der Waals surface area contributed by atoms with Gasteiger partial charge in [-0.05, 0) is 0 Å². The molecule has 126 valence electrons. The number of ether oxygens (including phenoxy) is 2. The molecule has 6 atom stereocenters. The first-order chi connectivity index (χ1) is 10.9. The first-order valence-electron chi connectivity index (χ1n) is 6.89. The number of rotatable bonds is 2. The van der Waals surface area contributed by atoms with Gasteiger partial charge in [0.2, 0.25) is 0 Å². The summed E-state index contributed by atoms with van der Waals surface area (Å²) in [6.45, 7) is -0.138. The summed E-state index contributed by atoms with van der Waals surface area (Å²) in [7, 11) is 0. The Labute approximate surface area is 128 Å². The standard InChI is InChI=1S/C12H16N4O7/c13-11(20)15-5-4(17)2-22-9-6(18)7(23-8(5)9)3-1-14-12(21)16-10(3)19/h1,4-9,17-18H,2H2,(H3,13,15,20)(H2,14,16,19,21)/t4?,5-,6?,7+,8-,9+/m1/s1. The maximum absolute atomic E-state index is 11.9. The fourth-order valence-electron chi connectivity index (χ4n) is 2.94. The predicted octanol–water partition coefficient (Wildman–Crippen LogP) is -3.34. The van der Waals surface area contributed by atoms with Gasteiger partial charge in [0.25, 0.3) is 5.56 Å². The second-order valence-electron chi connectivity index (χ2n) is 5.44. The van der Waals surface area contributed by atoms with Crippen LogP contribution in [0.4, 0.5) is 4.79 Å². The van der Waals surface area contributed by atoms with Crippen molar-refractivity contribution in [3.63, 3.8) is 0 Å². The number of amides is 2. The van der Waals surface area contributed by atoms with Crippen molar-refractivity contribution in [1.29, 1.82) is 0 Å². The highest BCUT2D eigenvalue weighted by atomic mass is 16.6. The summed E-state index contributed by atoms with van der Waals surface area (Å²) in [6, 6.07) is -1.76.